The fraction of sp³-hybridized carbons (Fsp3) is 0.0833. The first-order chi connectivity index (χ1) is 15.2. The van der Waals surface area contributed by atoms with Gasteiger partial charge in [0.05, 0.1) is 12.1 Å². The predicted octanol–water partition coefficient (Wildman–Crippen LogP) is 5.00. The van der Waals surface area contributed by atoms with E-state index < -0.39 is 0 Å². The molecule has 0 fully saturated rings. The van der Waals surface area contributed by atoms with Crippen molar-refractivity contribution < 1.29 is 18.8 Å². The van der Waals surface area contributed by atoms with Crippen molar-refractivity contribution in [3.63, 3.8) is 0 Å². The molecule has 1 aromatic heterocycles. The van der Waals surface area contributed by atoms with Crippen LogP contribution in [0, 0.1) is 0 Å². The van der Waals surface area contributed by atoms with Gasteiger partial charge in [0.1, 0.15) is 0 Å². The number of hydrogen-bond acceptors (Lipinski definition) is 6. The number of anilines is 3. The first kappa shape index (κ1) is 18.7. The molecule has 7 nitrogen and oxygen atoms in total. The van der Waals surface area contributed by atoms with Crippen LogP contribution in [-0.2, 0) is 11.2 Å². The summed E-state index contributed by atoms with van der Waals surface area (Å²) in [5.41, 5.74) is 4.01. The lowest BCUT2D eigenvalue weighted by atomic mass is 10.1. The van der Waals surface area contributed by atoms with Gasteiger partial charge in [-0.05, 0) is 54.6 Å². The summed E-state index contributed by atoms with van der Waals surface area (Å²) in [4.78, 5) is 12.4. The van der Waals surface area contributed by atoms with Crippen LogP contribution < -0.4 is 20.1 Å². The Balaban J connectivity index is 1.19. The molecule has 0 saturated carbocycles. The van der Waals surface area contributed by atoms with Crippen LogP contribution in [0.15, 0.2) is 83.4 Å². The van der Waals surface area contributed by atoms with E-state index >= 15 is 0 Å². The molecule has 0 radical (unpaired) electrons. The van der Waals surface area contributed by atoms with Gasteiger partial charge in [-0.25, -0.2) is 0 Å². The Labute approximate surface area is 178 Å². The average molecular weight is 413 g/mol. The van der Waals surface area contributed by atoms with Gasteiger partial charge in [-0.3, -0.25) is 4.79 Å². The Kier molecular flexibility index (Phi) is 4.98. The van der Waals surface area contributed by atoms with Crippen LogP contribution in [-0.4, -0.2) is 17.9 Å². The number of ether oxygens (including phenoxy) is 2. The number of benzene rings is 3. The Morgan fingerprint density at radius 1 is 0.839 bits per heavy atom. The predicted molar refractivity (Wildman–Crippen MR) is 117 cm³/mol. The van der Waals surface area contributed by atoms with E-state index in [1.807, 2.05) is 72.8 Å². The lowest BCUT2D eigenvalue weighted by molar-refractivity contribution is -0.115. The molecule has 5 rings (SSSR count). The van der Waals surface area contributed by atoms with E-state index in [0.717, 1.165) is 16.9 Å². The van der Waals surface area contributed by atoms with Crippen LogP contribution in [0.5, 0.6) is 11.5 Å². The van der Waals surface area contributed by atoms with Gasteiger partial charge in [0.25, 0.3) is 0 Å². The van der Waals surface area contributed by atoms with Gasteiger partial charge in [0.2, 0.25) is 12.7 Å². The number of hydrogen-bond donors (Lipinski definition) is 2. The molecule has 2 heterocycles. The standard InChI is InChI=1S/C24H19N3O4/c28-24(26-19-9-7-18(8-10-19)25-17-4-2-1-3-5-17)14-20-13-22(31-27-20)16-6-11-21-23(12-16)30-15-29-21/h1-13,25H,14-15H2,(H,26,28). The first-order valence-electron chi connectivity index (χ1n) is 9.80. The minimum Gasteiger partial charge on any atom is -0.454 e. The highest BCUT2D eigenvalue weighted by molar-refractivity contribution is 5.92. The van der Waals surface area contributed by atoms with E-state index in [0.29, 0.717) is 28.6 Å². The Hall–Kier alpha value is -4.26. The third-order valence-corrected chi connectivity index (χ3v) is 4.79. The number of rotatable bonds is 6. The van der Waals surface area contributed by atoms with Crippen LogP contribution >= 0.6 is 0 Å². The number of amides is 1. The maximum absolute atomic E-state index is 12.4. The quantitative estimate of drug-likeness (QED) is 0.463. The van der Waals surface area contributed by atoms with E-state index in [1.165, 1.54) is 0 Å². The summed E-state index contributed by atoms with van der Waals surface area (Å²) in [5, 5.41) is 10.2. The molecule has 154 valence electrons. The van der Waals surface area contributed by atoms with Gasteiger partial charge >= 0.3 is 0 Å². The van der Waals surface area contributed by atoms with Gasteiger partial charge < -0.3 is 24.6 Å². The minimum atomic E-state index is -0.172. The molecule has 0 unspecified atom stereocenters. The monoisotopic (exact) mass is 413 g/mol. The zero-order valence-corrected chi connectivity index (χ0v) is 16.5. The van der Waals surface area contributed by atoms with E-state index in [4.69, 9.17) is 14.0 Å². The second-order valence-electron chi connectivity index (χ2n) is 7.04. The highest BCUT2D eigenvalue weighted by Gasteiger charge is 2.16. The topological polar surface area (TPSA) is 85.6 Å². The lowest BCUT2D eigenvalue weighted by Gasteiger charge is -2.08. The molecule has 4 aromatic rings. The number of fused-ring (bicyclic) bond motifs is 1. The molecule has 31 heavy (non-hydrogen) atoms. The van der Waals surface area contributed by atoms with Crippen molar-refractivity contribution in [3.05, 3.63) is 84.6 Å². The van der Waals surface area contributed by atoms with Crippen molar-refractivity contribution in [1.82, 2.24) is 5.16 Å². The Morgan fingerprint density at radius 3 is 2.42 bits per heavy atom. The van der Waals surface area contributed by atoms with Gasteiger partial charge in [0, 0.05) is 28.7 Å². The lowest BCUT2D eigenvalue weighted by Crippen LogP contribution is -2.14. The van der Waals surface area contributed by atoms with Crippen LogP contribution in [0.4, 0.5) is 17.1 Å². The van der Waals surface area contributed by atoms with Crippen molar-refractivity contribution >= 4 is 23.0 Å². The van der Waals surface area contributed by atoms with Crippen LogP contribution in [0.1, 0.15) is 5.69 Å². The zero-order chi connectivity index (χ0) is 21.0. The molecule has 0 saturated heterocycles. The third kappa shape index (κ3) is 4.35. The average Bonchev–Trinajstić information content (AvgIpc) is 3.45. The molecule has 1 amide bonds. The maximum atomic E-state index is 12.4. The molecule has 3 aromatic carbocycles. The molecule has 0 spiro atoms. The third-order valence-electron chi connectivity index (χ3n) is 4.79. The highest BCUT2D eigenvalue weighted by Crippen LogP contribution is 2.36. The number of nitrogens with one attached hydrogen (secondary N) is 2. The van der Waals surface area contributed by atoms with Gasteiger partial charge in [-0.2, -0.15) is 0 Å². The zero-order valence-electron chi connectivity index (χ0n) is 16.5. The molecular formula is C24H19N3O4. The van der Waals surface area contributed by atoms with Crippen molar-refractivity contribution in [3.8, 4) is 22.8 Å². The van der Waals surface area contributed by atoms with Gasteiger partial charge in [0.15, 0.2) is 17.3 Å². The van der Waals surface area contributed by atoms with Crippen molar-refractivity contribution in [2.75, 3.05) is 17.4 Å². The smallest absolute Gasteiger partial charge is 0.231 e. The summed E-state index contributed by atoms with van der Waals surface area (Å²) >= 11 is 0. The normalized spacial score (nSPS) is 11.9. The molecule has 1 aliphatic rings. The molecule has 1 aliphatic heterocycles. The summed E-state index contributed by atoms with van der Waals surface area (Å²) < 4.78 is 16.1. The number of nitrogens with zero attached hydrogens (tertiary/aromatic N) is 1. The number of para-hydroxylation sites is 1. The fourth-order valence-corrected chi connectivity index (χ4v) is 3.28. The maximum Gasteiger partial charge on any atom is 0.231 e. The second-order valence-corrected chi connectivity index (χ2v) is 7.04. The Bertz CT molecular complexity index is 1200. The molecule has 2 N–H and O–H groups in total. The number of carbonyl (C=O) groups excluding carboxylic acids is 1. The Morgan fingerprint density at radius 2 is 1.58 bits per heavy atom. The molecule has 0 bridgehead atoms. The summed E-state index contributed by atoms with van der Waals surface area (Å²) in [6.07, 6.45) is 0.109. The molecular weight excluding hydrogens is 394 g/mol. The molecule has 7 heteroatoms. The van der Waals surface area contributed by atoms with Crippen LogP contribution in [0.25, 0.3) is 11.3 Å². The van der Waals surface area contributed by atoms with Crippen molar-refractivity contribution in [2.45, 2.75) is 6.42 Å². The molecule has 0 atom stereocenters. The summed E-state index contributed by atoms with van der Waals surface area (Å²) in [5.74, 6) is 1.76. The minimum absolute atomic E-state index is 0.109. The second kappa shape index (κ2) is 8.23. The van der Waals surface area contributed by atoms with E-state index in [2.05, 4.69) is 15.8 Å². The summed E-state index contributed by atoms with van der Waals surface area (Å²) in [6, 6.07) is 24.7. The van der Waals surface area contributed by atoms with E-state index in [1.54, 1.807) is 6.07 Å². The number of aromatic nitrogens is 1. The summed E-state index contributed by atoms with van der Waals surface area (Å²) in [6.45, 7) is 0.212. The largest absolute Gasteiger partial charge is 0.454 e. The molecule has 0 aliphatic carbocycles. The van der Waals surface area contributed by atoms with Crippen molar-refractivity contribution in [1.29, 1.82) is 0 Å². The van der Waals surface area contributed by atoms with Gasteiger partial charge in [-0.15, -0.1) is 0 Å². The number of carbonyl (C=O) groups is 1. The van der Waals surface area contributed by atoms with Crippen LogP contribution in [0.2, 0.25) is 0 Å². The van der Waals surface area contributed by atoms with E-state index in [-0.39, 0.29) is 19.1 Å². The van der Waals surface area contributed by atoms with Crippen molar-refractivity contribution in [2.24, 2.45) is 0 Å². The van der Waals surface area contributed by atoms with E-state index in [9.17, 15) is 4.79 Å². The fourth-order valence-electron chi connectivity index (χ4n) is 3.28. The first-order valence-corrected chi connectivity index (χ1v) is 9.80. The SMILES string of the molecule is O=C(Cc1cc(-c2ccc3c(c2)OCO3)on1)Nc1ccc(Nc2ccccc2)cc1. The van der Waals surface area contributed by atoms with Crippen LogP contribution in [0.3, 0.4) is 0 Å². The van der Waals surface area contributed by atoms with Gasteiger partial charge in [-0.1, -0.05) is 23.4 Å². The summed E-state index contributed by atoms with van der Waals surface area (Å²) in [7, 11) is 0. The highest BCUT2D eigenvalue weighted by atomic mass is 16.7.